The van der Waals surface area contributed by atoms with Crippen molar-refractivity contribution in [2.75, 3.05) is 12.8 Å². The Morgan fingerprint density at radius 3 is 2.70 bits per heavy atom. The molecule has 2 N–H and O–H groups in total. The maximum Gasteiger partial charge on any atom is 0.335 e. The summed E-state index contributed by atoms with van der Waals surface area (Å²) in [4.78, 5) is 21.4. The maximum absolute atomic E-state index is 13.2. The number of hydrogen-bond acceptors (Lipinski definition) is 5. The van der Waals surface area contributed by atoms with Crippen molar-refractivity contribution in [1.29, 1.82) is 0 Å². The first-order valence-corrected chi connectivity index (χ1v) is 8.19. The monoisotopic (exact) mass is 365 g/mol. The van der Waals surface area contributed by atoms with E-state index in [0.717, 1.165) is 5.56 Å². The highest BCUT2D eigenvalue weighted by molar-refractivity contribution is 5.74. The van der Waals surface area contributed by atoms with Gasteiger partial charge in [-0.2, -0.15) is 4.98 Å². The van der Waals surface area contributed by atoms with Gasteiger partial charge in [-0.05, 0) is 29.8 Å². The topological polar surface area (TPSA) is 88.0 Å². The summed E-state index contributed by atoms with van der Waals surface area (Å²) in [7, 11) is 1.56. The number of nitrogens with zero attached hydrogens (tertiary/aromatic N) is 4. The third kappa shape index (κ3) is 3.01. The molecule has 0 saturated heterocycles. The molecule has 2 aromatic heterocycles. The van der Waals surface area contributed by atoms with Crippen LogP contribution in [0.5, 0.6) is 5.75 Å². The van der Waals surface area contributed by atoms with E-state index in [1.807, 2.05) is 0 Å². The van der Waals surface area contributed by atoms with Crippen LogP contribution in [0.4, 0.5) is 10.3 Å². The molecule has 0 aliphatic rings. The summed E-state index contributed by atoms with van der Waals surface area (Å²) in [5, 5.41) is 0. The molecule has 0 bridgehead atoms. The molecule has 0 aliphatic carbocycles. The van der Waals surface area contributed by atoms with Gasteiger partial charge < -0.3 is 10.5 Å². The highest BCUT2D eigenvalue weighted by Gasteiger charge is 2.17. The van der Waals surface area contributed by atoms with Crippen LogP contribution in [0.1, 0.15) is 5.56 Å². The number of nitrogen functional groups attached to an aromatic ring is 1. The zero-order valence-electron chi connectivity index (χ0n) is 14.5. The molecule has 8 heteroatoms. The van der Waals surface area contributed by atoms with Crippen LogP contribution in [0.25, 0.3) is 16.9 Å². The van der Waals surface area contributed by atoms with Gasteiger partial charge >= 0.3 is 5.69 Å². The zero-order chi connectivity index (χ0) is 19.0. The molecule has 4 aromatic rings. The molecular formula is C19H16FN5O2. The molecule has 0 fully saturated rings. The van der Waals surface area contributed by atoms with Crippen molar-refractivity contribution in [3.8, 4) is 11.4 Å². The Labute approximate surface area is 153 Å². The van der Waals surface area contributed by atoms with E-state index in [1.165, 1.54) is 27.5 Å². The molecule has 7 nitrogen and oxygen atoms in total. The van der Waals surface area contributed by atoms with Crippen LogP contribution in [-0.4, -0.2) is 26.2 Å². The second-order valence-electron chi connectivity index (χ2n) is 5.97. The molecule has 0 saturated carbocycles. The van der Waals surface area contributed by atoms with Gasteiger partial charge in [-0.1, -0.05) is 18.2 Å². The molecule has 0 spiro atoms. The minimum atomic E-state index is -0.332. The van der Waals surface area contributed by atoms with Gasteiger partial charge in [0.05, 0.1) is 25.5 Å². The molecule has 0 aliphatic heterocycles. The van der Waals surface area contributed by atoms with Gasteiger partial charge in [0.2, 0.25) is 5.95 Å². The zero-order valence-corrected chi connectivity index (χ0v) is 14.5. The van der Waals surface area contributed by atoms with Crippen molar-refractivity contribution >= 4 is 17.1 Å². The van der Waals surface area contributed by atoms with Gasteiger partial charge in [-0.3, -0.25) is 4.57 Å². The molecule has 27 heavy (non-hydrogen) atoms. The number of benzene rings is 2. The van der Waals surface area contributed by atoms with Crippen LogP contribution < -0.4 is 16.2 Å². The fraction of sp³-hybridized carbons (Fsp3) is 0.105. The number of aromatic nitrogens is 4. The van der Waals surface area contributed by atoms with Gasteiger partial charge in [0, 0.05) is 6.07 Å². The van der Waals surface area contributed by atoms with Gasteiger partial charge in [0.1, 0.15) is 17.1 Å². The highest BCUT2D eigenvalue weighted by Crippen LogP contribution is 2.20. The van der Waals surface area contributed by atoms with E-state index in [-0.39, 0.29) is 24.0 Å². The van der Waals surface area contributed by atoms with Crippen LogP contribution in [0, 0.1) is 5.82 Å². The quantitative estimate of drug-likeness (QED) is 0.600. The molecule has 0 radical (unpaired) electrons. The lowest BCUT2D eigenvalue weighted by Crippen LogP contribution is -2.23. The summed E-state index contributed by atoms with van der Waals surface area (Å²) in [6.45, 7) is 0.250. The first-order valence-electron chi connectivity index (χ1n) is 8.19. The number of rotatable bonds is 4. The van der Waals surface area contributed by atoms with Crippen molar-refractivity contribution in [3.05, 3.63) is 76.6 Å². The summed E-state index contributed by atoms with van der Waals surface area (Å²) in [6.07, 6.45) is 1.51. The van der Waals surface area contributed by atoms with Crippen molar-refractivity contribution in [2.45, 2.75) is 6.54 Å². The number of nitrogens with two attached hydrogens (primary N) is 1. The Balaban J connectivity index is 1.93. The molecule has 136 valence electrons. The van der Waals surface area contributed by atoms with Crippen LogP contribution in [0.2, 0.25) is 0 Å². The van der Waals surface area contributed by atoms with Crippen LogP contribution in [0.15, 0.2) is 59.5 Å². The first kappa shape index (κ1) is 16.8. The van der Waals surface area contributed by atoms with Crippen LogP contribution >= 0.6 is 0 Å². The average Bonchev–Trinajstić information content (AvgIpc) is 2.94. The molecule has 4 rings (SSSR count). The van der Waals surface area contributed by atoms with Crippen molar-refractivity contribution in [2.24, 2.45) is 0 Å². The average molecular weight is 365 g/mol. The lowest BCUT2D eigenvalue weighted by molar-refractivity contribution is 0.414. The minimum Gasteiger partial charge on any atom is -0.497 e. The van der Waals surface area contributed by atoms with Crippen LogP contribution in [0.3, 0.4) is 0 Å². The number of ether oxygens (including phenoxy) is 1. The molecular weight excluding hydrogens is 349 g/mol. The van der Waals surface area contributed by atoms with E-state index in [0.29, 0.717) is 22.6 Å². The Bertz CT molecular complexity index is 1180. The van der Waals surface area contributed by atoms with E-state index in [2.05, 4.69) is 9.97 Å². The Hall–Kier alpha value is -3.68. The van der Waals surface area contributed by atoms with E-state index < -0.39 is 0 Å². The third-order valence-corrected chi connectivity index (χ3v) is 4.26. The molecule has 0 unspecified atom stereocenters. The van der Waals surface area contributed by atoms with Crippen molar-refractivity contribution in [3.63, 3.8) is 0 Å². The number of methoxy groups -OCH3 is 1. The van der Waals surface area contributed by atoms with Gasteiger partial charge in [-0.15, -0.1) is 0 Å². The summed E-state index contributed by atoms with van der Waals surface area (Å²) < 4.78 is 21.4. The Morgan fingerprint density at radius 1 is 1.19 bits per heavy atom. The van der Waals surface area contributed by atoms with Crippen molar-refractivity contribution < 1.29 is 9.13 Å². The van der Waals surface area contributed by atoms with E-state index in [1.54, 1.807) is 43.5 Å². The highest BCUT2D eigenvalue weighted by atomic mass is 19.1. The molecule has 0 atom stereocenters. The standard InChI is InChI=1S/C19H16FN5O2/c1-27-15-4-2-3-14(9-15)25-17-16(10-22-18(21)23-17)24(19(25)26)11-12-5-7-13(20)8-6-12/h2-10H,11H2,1H3,(H2,21,22,23). The number of hydrogen-bond donors (Lipinski definition) is 1. The number of fused-ring (bicyclic) bond motifs is 1. The van der Waals surface area contributed by atoms with E-state index in [9.17, 15) is 9.18 Å². The fourth-order valence-corrected chi connectivity index (χ4v) is 2.96. The number of imidazole rings is 1. The second-order valence-corrected chi connectivity index (χ2v) is 5.97. The Kier molecular flexibility index (Phi) is 4.08. The smallest absolute Gasteiger partial charge is 0.335 e. The summed E-state index contributed by atoms with van der Waals surface area (Å²) in [6, 6.07) is 13.1. The van der Waals surface area contributed by atoms with E-state index >= 15 is 0 Å². The second kappa shape index (κ2) is 6.56. The maximum atomic E-state index is 13.2. The summed E-state index contributed by atoms with van der Waals surface area (Å²) in [5.41, 5.74) is 7.73. The normalized spacial score (nSPS) is 11.0. The summed E-state index contributed by atoms with van der Waals surface area (Å²) >= 11 is 0. The fourth-order valence-electron chi connectivity index (χ4n) is 2.96. The SMILES string of the molecule is COc1cccc(-n2c(=O)n(Cc3ccc(F)cc3)c3cnc(N)nc32)c1. The van der Waals surface area contributed by atoms with Crippen LogP contribution in [-0.2, 0) is 6.54 Å². The minimum absolute atomic E-state index is 0.0677. The third-order valence-electron chi connectivity index (χ3n) is 4.26. The predicted octanol–water partition coefficient (Wildman–Crippen LogP) is 2.36. The lowest BCUT2D eigenvalue weighted by Gasteiger charge is -2.05. The predicted molar refractivity (Wildman–Crippen MR) is 99.6 cm³/mol. The number of anilines is 1. The molecule has 2 heterocycles. The van der Waals surface area contributed by atoms with Crippen molar-refractivity contribution in [1.82, 2.24) is 19.1 Å². The lowest BCUT2D eigenvalue weighted by atomic mass is 10.2. The van der Waals surface area contributed by atoms with E-state index in [4.69, 9.17) is 10.5 Å². The van der Waals surface area contributed by atoms with Gasteiger partial charge in [0.15, 0.2) is 5.65 Å². The largest absolute Gasteiger partial charge is 0.497 e. The first-order chi connectivity index (χ1) is 13.1. The number of halogens is 1. The van der Waals surface area contributed by atoms with Gasteiger partial charge in [0.25, 0.3) is 0 Å². The summed E-state index contributed by atoms with van der Waals surface area (Å²) in [5.74, 6) is 0.347. The van der Waals surface area contributed by atoms with Gasteiger partial charge in [-0.25, -0.2) is 18.7 Å². The molecule has 0 amide bonds. The molecule has 2 aromatic carbocycles. The Morgan fingerprint density at radius 2 is 1.96 bits per heavy atom.